The summed E-state index contributed by atoms with van der Waals surface area (Å²) in [5.74, 6) is 0. The highest BCUT2D eigenvalue weighted by atomic mass is 14.1. The molecule has 0 fully saturated rings. The normalized spacial score (nSPS) is 20.3. The lowest BCUT2D eigenvalue weighted by molar-refractivity contribution is 0.995. The molecule has 14 heavy (non-hydrogen) atoms. The van der Waals surface area contributed by atoms with Crippen molar-refractivity contribution in [3.63, 3.8) is 0 Å². The van der Waals surface area contributed by atoms with E-state index >= 15 is 0 Å². The van der Waals surface area contributed by atoms with Gasteiger partial charge in [-0.2, -0.15) is 0 Å². The van der Waals surface area contributed by atoms with Gasteiger partial charge in [0, 0.05) is 0 Å². The molecule has 0 aliphatic heterocycles. The number of allylic oxidation sites excluding steroid dienone is 10. The second kappa shape index (κ2) is 4.80. The molecule has 0 atom stereocenters. The van der Waals surface area contributed by atoms with Gasteiger partial charge in [-0.1, -0.05) is 48.6 Å². The van der Waals surface area contributed by atoms with E-state index < -0.39 is 0 Å². The van der Waals surface area contributed by atoms with Crippen LogP contribution in [0.4, 0.5) is 0 Å². The molecule has 0 N–H and O–H groups in total. The first-order valence-corrected chi connectivity index (χ1v) is 5.33. The van der Waals surface area contributed by atoms with E-state index in [0.717, 1.165) is 12.8 Å². The molecule has 0 saturated carbocycles. The van der Waals surface area contributed by atoms with E-state index in [4.69, 9.17) is 0 Å². The second-order valence-electron chi connectivity index (χ2n) is 3.74. The molecule has 0 spiro atoms. The summed E-state index contributed by atoms with van der Waals surface area (Å²) in [7, 11) is 0. The molecule has 0 saturated heterocycles. The average molecular weight is 184 g/mol. The van der Waals surface area contributed by atoms with E-state index in [9.17, 15) is 0 Å². The summed E-state index contributed by atoms with van der Waals surface area (Å²) >= 11 is 0. The lowest BCUT2D eigenvalue weighted by Gasteiger charge is -2.06. The van der Waals surface area contributed by atoms with Gasteiger partial charge in [-0.15, -0.1) is 0 Å². The molecule has 0 aromatic rings. The van der Waals surface area contributed by atoms with Crippen LogP contribution in [0.2, 0.25) is 0 Å². The molecule has 2 rings (SSSR count). The summed E-state index contributed by atoms with van der Waals surface area (Å²) in [5, 5.41) is 0. The number of hydrogen-bond donors (Lipinski definition) is 0. The van der Waals surface area contributed by atoms with Crippen LogP contribution in [0.25, 0.3) is 0 Å². The molecular weight excluding hydrogens is 168 g/mol. The van der Waals surface area contributed by atoms with E-state index in [1.807, 2.05) is 0 Å². The Bertz CT molecular complexity index is 335. The molecule has 0 unspecified atom stereocenters. The minimum absolute atomic E-state index is 1.06. The molecule has 2 aliphatic carbocycles. The zero-order chi connectivity index (χ0) is 9.64. The fourth-order valence-corrected chi connectivity index (χ4v) is 1.78. The van der Waals surface area contributed by atoms with Gasteiger partial charge in [-0.05, 0) is 36.8 Å². The third-order valence-electron chi connectivity index (χ3n) is 2.53. The molecule has 0 aromatic carbocycles. The second-order valence-corrected chi connectivity index (χ2v) is 3.74. The van der Waals surface area contributed by atoms with Crippen LogP contribution >= 0.6 is 0 Å². The van der Waals surface area contributed by atoms with Crippen LogP contribution in [-0.2, 0) is 0 Å². The summed E-state index contributed by atoms with van der Waals surface area (Å²) < 4.78 is 0. The Morgan fingerprint density at radius 3 is 2.71 bits per heavy atom. The molecule has 0 bridgehead atoms. The summed E-state index contributed by atoms with van der Waals surface area (Å²) in [6.45, 7) is 0. The molecule has 0 amide bonds. The minimum Gasteiger partial charge on any atom is -0.0840 e. The number of rotatable bonds is 2. The summed E-state index contributed by atoms with van der Waals surface area (Å²) in [5.41, 5.74) is 2.87. The van der Waals surface area contributed by atoms with Crippen LogP contribution in [0.1, 0.15) is 25.7 Å². The summed E-state index contributed by atoms with van der Waals surface area (Å²) in [6.07, 6.45) is 22.5. The van der Waals surface area contributed by atoms with Crippen molar-refractivity contribution in [2.75, 3.05) is 0 Å². The maximum absolute atomic E-state index is 2.35. The van der Waals surface area contributed by atoms with Crippen LogP contribution in [-0.4, -0.2) is 0 Å². The fourth-order valence-electron chi connectivity index (χ4n) is 1.78. The van der Waals surface area contributed by atoms with Crippen molar-refractivity contribution in [1.29, 1.82) is 0 Å². The van der Waals surface area contributed by atoms with E-state index in [1.165, 1.54) is 24.0 Å². The average Bonchev–Trinajstić information content (AvgIpc) is 2.48. The topological polar surface area (TPSA) is 0 Å². The molecule has 72 valence electrons. The third kappa shape index (κ3) is 2.59. The van der Waals surface area contributed by atoms with Gasteiger partial charge in [-0.25, -0.2) is 0 Å². The van der Waals surface area contributed by atoms with Crippen LogP contribution in [0, 0.1) is 0 Å². The highest BCUT2D eigenvalue weighted by Crippen LogP contribution is 2.19. The van der Waals surface area contributed by atoms with Crippen LogP contribution in [0.3, 0.4) is 0 Å². The van der Waals surface area contributed by atoms with Crippen molar-refractivity contribution in [1.82, 2.24) is 0 Å². The van der Waals surface area contributed by atoms with Gasteiger partial charge in [0.15, 0.2) is 0 Å². The predicted molar refractivity (Wildman–Crippen MR) is 62.1 cm³/mol. The molecule has 2 aliphatic rings. The Labute approximate surface area is 86.0 Å². The fraction of sp³-hybridized carbons (Fsp3) is 0.286. The first-order chi connectivity index (χ1) is 6.95. The monoisotopic (exact) mass is 184 g/mol. The molecule has 0 heteroatoms. The molecule has 0 heterocycles. The Balaban J connectivity index is 2.03. The Kier molecular flexibility index (Phi) is 3.18. The first-order valence-electron chi connectivity index (χ1n) is 5.33. The van der Waals surface area contributed by atoms with Crippen molar-refractivity contribution in [2.45, 2.75) is 25.7 Å². The van der Waals surface area contributed by atoms with Gasteiger partial charge in [0.25, 0.3) is 0 Å². The van der Waals surface area contributed by atoms with E-state index in [2.05, 4.69) is 48.6 Å². The summed E-state index contributed by atoms with van der Waals surface area (Å²) in [4.78, 5) is 0. The van der Waals surface area contributed by atoms with Crippen molar-refractivity contribution in [3.05, 3.63) is 59.8 Å². The van der Waals surface area contributed by atoms with Crippen LogP contribution in [0.15, 0.2) is 59.8 Å². The summed E-state index contributed by atoms with van der Waals surface area (Å²) in [6, 6.07) is 0. The van der Waals surface area contributed by atoms with Gasteiger partial charge >= 0.3 is 0 Å². The van der Waals surface area contributed by atoms with E-state index in [-0.39, 0.29) is 0 Å². The first kappa shape index (κ1) is 9.26. The third-order valence-corrected chi connectivity index (χ3v) is 2.53. The van der Waals surface area contributed by atoms with Crippen LogP contribution < -0.4 is 0 Å². The Morgan fingerprint density at radius 2 is 1.86 bits per heavy atom. The maximum Gasteiger partial charge on any atom is -0.00292 e. The van der Waals surface area contributed by atoms with Gasteiger partial charge in [-0.3, -0.25) is 0 Å². The van der Waals surface area contributed by atoms with Crippen molar-refractivity contribution in [2.24, 2.45) is 0 Å². The SMILES string of the molecule is C1=CCC=CC(CC2=CCCC=C2)=C1. The molecule has 0 aromatic heterocycles. The van der Waals surface area contributed by atoms with E-state index in [0.29, 0.717) is 0 Å². The highest BCUT2D eigenvalue weighted by Gasteiger charge is 2.00. The standard InChI is InChI=1S/C14H16/c1-2-5-9-13(8-4-1)12-14-10-6-3-7-11-14/h1,4-6,8-11H,2-3,7,12H2. The Morgan fingerprint density at radius 1 is 0.929 bits per heavy atom. The highest BCUT2D eigenvalue weighted by molar-refractivity contribution is 5.35. The van der Waals surface area contributed by atoms with Gasteiger partial charge in [0.2, 0.25) is 0 Å². The zero-order valence-electron chi connectivity index (χ0n) is 8.45. The minimum atomic E-state index is 1.06. The molecular formula is C14H16. The lowest BCUT2D eigenvalue weighted by atomic mass is 9.99. The van der Waals surface area contributed by atoms with Crippen molar-refractivity contribution in [3.8, 4) is 0 Å². The lowest BCUT2D eigenvalue weighted by Crippen LogP contribution is -1.87. The number of hydrogen-bond acceptors (Lipinski definition) is 0. The van der Waals surface area contributed by atoms with Gasteiger partial charge < -0.3 is 0 Å². The van der Waals surface area contributed by atoms with Gasteiger partial charge in [0.1, 0.15) is 0 Å². The van der Waals surface area contributed by atoms with Crippen LogP contribution in [0.5, 0.6) is 0 Å². The zero-order valence-corrected chi connectivity index (χ0v) is 8.45. The maximum atomic E-state index is 2.35. The molecule has 0 nitrogen and oxygen atoms in total. The van der Waals surface area contributed by atoms with Crippen molar-refractivity contribution >= 4 is 0 Å². The van der Waals surface area contributed by atoms with Gasteiger partial charge in [0.05, 0.1) is 0 Å². The largest absolute Gasteiger partial charge is 0.0840 e. The smallest absolute Gasteiger partial charge is 0.00292 e. The van der Waals surface area contributed by atoms with Crippen molar-refractivity contribution < 1.29 is 0 Å². The molecule has 0 radical (unpaired) electrons. The Hall–Kier alpha value is -1.30. The van der Waals surface area contributed by atoms with E-state index in [1.54, 1.807) is 0 Å². The quantitative estimate of drug-likeness (QED) is 0.606. The predicted octanol–water partition coefficient (Wildman–Crippen LogP) is 4.10.